The summed E-state index contributed by atoms with van der Waals surface area (Å²) < 4.78 is 0. The van der Waals surface area contributed by atoms with Crippen LogP contribution in [0.25, 0.3) is 0 Å². The number of hydrogen-bond acceptors (Lipinski definition) is 7. The highest BCUT2D eigenvalue weighted by Crippen LogP contribution is 2.41. The van der Waals surface area contributed by atoms with Gasteiger partial charge < -0.3 is 31.1 Å². The molecule has 0 radical (unpaired) electrons. The maximum Gasteiger partial charge on any atom is 0.320 e. The molecular formula is C27H36N8O2. The maximum absolute atomic E-state index is 12.8. The molecule has 0 spiro atoms. The van der Waals surface area contributed by atoms with Gasteiger partial charge in [0.1, 0.15) is 5.82 Å². The van der Waals surface area contributed by atoms with Crippen LogP contribution in [0.5, 0.6) is 0 Å². The standard InChI is InChI=1S/C27H36N8O2/c1-33-12-13-34(27(33)37)22-14-17-2-7-21(22)35(16-17)23-15-30-24(25(28)36)26(32-23)31-20-5-3-18(4-6-20)19-8-10-29-11-9-19/h3-6,15,17,19,21-22,29H,2,7-14,16H2,1H3,(H2,28,36)(H,31,32). The summed E-state index contributed by atoms with van der Waals surface area (Å²) in [5, 5.41) is 6.72. The molecule has 3 amide bonds. The third-order valence-electron chi connectivity index (χ3n) is 8.67. The van der Waals surface area contributed by atoms with Crippen molar-refractivity contribution < 1.29 is 9.59 Å². The molecule has 2 aromatic rings. The van der Waals surface area contributed by atoms with E-state index in [4.69, 9.17) is 10.7 Å². The second kappa shape index (κ2) is 9.81. The predicted octanol–water partition coefficient (Wildman–Crippen LogP) is 2.51. The Bertz CT molecular complexity index is 1170. The molecule has 1 aliphatic carbocycles. The molecule has 4 aliphatic heterocycles. The number of benzene rings is 1. The average Bonchev–Trinajstić information content (AvgIpc) is 3.27. The van der Waals surface area contributed by atoms with Crippen LogP contribution in [0.3, 0.4) is 0 Å². The number of nitrogens with zero attached hydrogens (tertiary/aromatic N) is 5. The zero-order valence-electron chi connectivity index (χ0n) is 21.4. The molecule has 5 aliphatic rings. The first kappa shape index (κ1) is 24.0. The number of fused-ring (bicyclic) bond motifs is 3. The van der Waals surface area contributed by atoms with Crippen molar-refractivity contribution in [1.29, 1.82) is 0 Å². The molecule has 10 heteroatoms. The fourth-order valence-electron chi connectivity index (χ4n) is 6.65. The quantitative estimate of drug-likeness (QED) is 0.553. The number of amides is 3. The number of piperidine rings is 3. The van der Waals surface area contributed by atoms with Crippen molar-refractivity contribution in [2.24, 2.45) is 11.7 Å². The SMILES string of the molecule is CN1CCN(C2CC3CCC2N(c2cnc(C(N)=O)c(Nc4ccc(C5CCNCC5)cc4)n2)C3)C1=O. The summed E-state index contributed by atoms with van der Waals surface area (Å²) in [7, 11) is 1.87. The number of primary amides is 1. The summed E-state index contributed by atoms with van der Waals surface area (Å²) in [6.45, 7) is 4.52. The van der Waals surface area contributed by atoms with Crippen LogP contribution in [0.4, 0.5) is 22.1 Å². The van der Waals surface area contributed by atoms with Crippen molar-refractivity contribution in [3.8, 4) is 0 Å². The molecule has 1 aromatic heterocycles. The van der Waals surface area contributed by atoms with E-state index in [0.29, 0.717) is 17.7 Å². The molecular weight excluding hydrogens is 468 g/mol. The maximum atomic E-state index is 12.8. The summed E-state index contributed by atoms with van der Waals surface area (Å²) in [5.41, 5.74) is 7.96. The molecule has 3 unspecified atom stereocenters. The van der Waals surface area contributed by atoms with E-state index in [1.165, 1.54) is 5.56 Å². The van der Waals surface area contributed by atoms with Crippen molar-refractivity contribution in [2.75, 3.05) is 50.0 Å². The second-order valence-corrected chi connectivity index (χ2v) is 10.9. The lowest BCUT2D eigenvalue weighted by molar-refractivity contribution is 0.0995. The van der Waals surface area contributed by atoms with Gasteiger partial charge in [-0.05, 0) is 74.7 Å². The van der Waals surface area contributed by atoms with Gasteiger partial charge in [-0.1, -0.05) is 12.1 Å². The number of aromatic nitrogens is 2. The normalized spacial score (nSPS) is 26.1. The summed E-state index contributed by atoms with van der Waals surface area (Å²) in [5.74, 6) is 1.55. The first-order valence-electron chi connectivity index (χ1n) is 13.5. The highest BCUT2D eigenvalue weighted by molar-refractivity contribution is 5.96. The van der Waals surface area contributed by atoms with Gasteiger partial charge in [0.2, 0.25) is 0 Å². The summed E-state index contributed by atoms with van der Waals surface area (Å²) >= 11 is 0. The first-order valence-corrected chi connectivity index (χ1v) is 13.5. The fraction of sp³-hybridized carbons (Fsp3) is 0.556. The van der Waals surface area contributed by atoms with E-state index in [-0.39, 0.29) is 23.8 Å². The molecule has 37 heavy (non-hydrogen) atoms. The summed E-state index contributed by atoms with van der Waals surface area (Å²) in [6.07, 6.45) is 7.15. The molecule has 10 nitrogen and oxygen atoms in total. The van der Waals surface area contributed by atoms with Crippen molar-refractivity contribution in [3.05, 3.63) is 41.7 Å². The minimum Gasteiger partial charge on any atom is -0.364 e. The minimum absolute atomic E-state index is 0.114. The zero-order valence-corrected chi connectivity index (χ0v) is 21.4. The molecule has 7 rings (SSSR count). The molecule has 5 fully saturated rings. The number of nitrogens with two attached hydrogens (primary N) is 1. The first-order chi connectivity index (χ1) is 18.0. The smallest absolute Gasteiger partial charge is 0.320 e. The van der Waals surface area contributed by atoms with Gasteiger partial charge >= 0.3 is 6.03 Å². The Balaban J connectivity index is 1.25. The van der Waals surface area contributed by atoms with Gasteiger partial charge in [-0.2, -0.15) is 0 Å². The Morgan fingerprint density at radius 1 is 1.05 bits per heavy atom. The van der Waals surface area contributed by atoms with Crippen molar-refractivity contribution in [2.45, 2.75) is 50.1 Å². The van der Waals surface area contributed by atoms with Crippen LogP contribution in [0, 0.1) is 5.92 Å². The van der Waals surface area contributed by atoms with Crippen molar-refractivity contribution in [3.63, 3.8) is 0 Å². The number of carbonyl (C=O) groups is 2. The Kier molecular flexibility index (Phi) is 6.36. The molecule has 1 aromatic carbocycles. The van der Waals surface area contributed by atoms with Gasteiger partial charge in [0.25, 0.3) is 5.91 Å². The van der Waals surface area contributed by atoms with Gasteiger partial charge in [0, 0.05) is 32.4 Å². The van der Waals surface area contributed by atoms with Gasteiger partial charge in [-0.3, -0.25) is 4.79 Å². The average molecular weight is 505 g/mol. The second-order valence-electron chi connectivity index (χ2n) is 10.9. The highest BCUT2D eigenvalue weighted by Gasteiger charge is 2.47. The molecule has 3 atom stereocenters. The van der Waals surface area contributed by atoms with Crippen LogP contribution < -0.4 is 21.3 Å². The molecule has 4 N–H and O–H groups in total. The number of carbonyl (C=O) groups excluding carboxylic acids is 2. The number of likely N-dealkylation sites (N-methyl/N-ethyl adjacent to an activating group) is 1. The van der Waals surface area contributed by atoms with E-state index in [1.807, 2.05) is 24.1 Å². The highest BCUT2D eigenvalue weighted by atomic mass is 16.2. The Morgan fingerprint density at radius 2 is 1.84 bits per heavy atom. The Hall–Kier alpha value is -3.40. The zero-order chi connectivity index (χ0) is 25.5. The van der Waals surface area contributed by atoms with Crippen LogP contribution in [0.1, 0.15) is 54.1 Å². The lowest BCUT2D eigenvalue weighted by Crippen LogP contribution is -2.62. The Morgan fingerprint density at radius 3 is 2.51 bits per heavy atom. The lowest BCUT2D eigenvalue weighted by atomic mass is 9.76. The van der Waals surface area contributed by atoms with Crippen LogP contribution in [-0.2, 0) is 0 Å². The van der Waals surface area contributed by atoms with E-state index < -0.39 is 5.91 Å². The number of anilines is 3. The van der Waals surface area contributed by atoms with Crippen LogP contribution in [0.15, 0.2) is 30.5 Å². The molecule has 2 bridgehead atoms. The Labute approximate surface area is 217 Å². The third-order valence-corrected chi connectivity index (χ3v) is 8.67. The lowest BCUT2D eigenvalue weighted by Gasteiger charge is -2.52. The summed E-state index contributed by atoms with van der Waals surface area (Å²) in [6, 6.07) is 8.83. The van der Waals surface area contributed by atoms with Crippen molar-refractivity contribution in [1.82, 2.24) is 25.1 Å². The largest absolute Gasteiger partial charge is 0.364 e. The van der Waals surface area contributed by atoms with E-state index in [2.05, 4.69) is 32.7 Å². The number of urea groups is 1. The molecule has 196 valence electrons. The summed E-state index contributed by atoms with van der Waals surface area (Å²) in [4.78, 5) is 40.4. The third kappa shape index (κ3) is 4.58. The monoisotopic (exact) mass is 504 g/mol. The van der Waals surface area contributed by atoms with Gasteiger partial charge in [-0.15, -0.1) is 0 Å². The van der Waals surface area contributed by atoms with Crippen molar-refractivity contribution >= 4 is 29.3 Å². The van der Waals surface area contributed by atoms with Crippen LogP contribution in [-0.4, -0.2) is 83.6 Å². The van der Waals surface area contributed by atoms with Gasteiger partial charge in [-0.25, -0.2) is 14.8 Å². The van der Waals surface area contributed by atoms with Crippen LogP contribution >= 0.6 is 0 Å². The van der Waals surface area contributed by atoms with Gasteiger partial charge in [0.05, 0.1) is 18.3 Å². The minimum atomic E-state index is -0.614. The number of nitrogens with one attached hydrogen (secondary N) is 2. The van der Waals surface area contributed by atoms with E-state index >= 15 is 0 Å². The molecule has 1 saturated carbocycles. The van der Waals surface area contributed by atoms with E-state index in [9.17, 15) is 9.59 Å². The topological polar surface area (TPSA) is 120 Å². The predicted molar refractivity (Wildman–Crippen MR) is 142 cm³/mol. The van der Waals surface area contributed by atoms with E-state index in [1.54, 1.807) is 11.1 Å². The molecule has 4 saturated heterocycles. The molecule has 5 heterocycles. The van der Waals surface area contributed by atoms with Gasteiger partial charge in [0.15, 0.2) is 11.5 Å². The van der Waals surface area contributed by atoms with Crippen LogP contribution in [0.2, 0.25) is 0 Å². The van der Waals surface area contributed by atoms with E-state index in [0.717, 1.165) is 76.3 Å². The number of rotatable bonds is 6. The number of hydrogen-bond donors (Lipinski definition) is 3. The fourth-order valence-corrected chi connectivity index (χ4v) is 6.65.